The number of rotatable bonds is 10. The van der Waals surface area contributed by atoms with Crippen LogP contribution in [0.15, 0.2) is 47.1 Å². The first kappa shape index (κ1) is 24.4. The first-order chi connectivity index (χ1) is 15.8. The second-order valence-corrected chi connectivity index (χ2v) is 8.23. The Morgan fingerprint density at radius 3 is 2.52 bits per heavy atom. The van der Waals surface area contributed by atoms with Gasteiger partial charge in [-0.3, -0.25) is 4.79 Å². The molecule has 6 nitrogen and oxygen atoms in total. The summed E-state index contributed by atoms with van der Waals surface area (Å²) in [6.45, 7) is 9.06. The lowest BCUT2D eigenvalue weighted by atomic mass is 9.96. The van der Waals surface area contributed by atoms with Crippen LogP contribution in [0.2, 0.25) is 0 Å². The summed E-state index contributed by atoms with van der Waals surface area (Å²) < 4.78 is 22.4. The SMILES string of the molecule is COc1ccc(-c2coc3c(C)c(OC)c(/C(C)=C/C(=O)NCCCOC(C)C)cc23)cc1. The molecule has 1 amide bonds. The number of benzene rings is 2. The molecule has 0 aliphatic heterocycles. The van der Waals surface area contributed by atoms with Crippen LogP contribution in [0.5, 0.6) is 11.5 Å². The second-order valence-electron chi connectivity index (χ2n) is 8.23. The maximum Gasteiger partial charge on any atom is 0.244 e. The van der Waals surface area contributed by atoms with Crippen molar-refractivity contribution in [3.05, 3.63) is 53.8 Å². The van der Waals surface area contributed by atoms with Crippen LogP contribution in [0.4, 0.5) is 0 Å². The summed E-state index contributed by atoms with van der Waals surface area (Å²) in [6, 6.07) is 9.88. The summed E-state index contributed by atoms with van der Waals surface area (Å²) in [5.74, 6) is 1.36. The highest BCUT2D eigenvalue weighted by Gasteiger charge is 2.19. The molecular weight excluding hydrogens is 418 g/mol. The third-order valence-electron chi connectivity index (χ3n) is 5.49. The summed E-state index contributed by atoms with van der Waals surface area (Å²) >= 11 is 0. The summed E-state index contributed by atoms with van der Waals surface area (Å²) in [5.41, 5.74) is 5.33. The summed E-state index contributed by atoms with van der Waals surface area (Å²) in [4.78, 5) is 12.5. The highest BCUT2D eigenvalue weighted by molar-refractivity contribution is 6.01. The van der Waals surface area contributed by atoms with Gasteiger partial charge in [-0.15, -0.1) is 0 Å². The lowest BCUT2D eigenvalue weighted by Crippen LogP contribution is -2.23. The number of carbonyl (C=O) groups is 1. The molecule has 0 saturated heterocycles. The van der Waals surface area contributed by atoms with E-state index in [4.69, 9.17) is 18.6 Å². The van der Waals surface area contributed by atoms with Gasteiger partial charge in [0.2, 0.25) is 5.91 Å². The molecule has 0 aliphatic carbocycles. The first-order valence-corrected chi connectivity index (χ1v) is 11.2. The number of amides is 1. The number of carbonyl (C=O) groups excluding carboxylic acids is 1. The quantitative estimate of drug-likeness (QED) is 0.313. The average molecular weight is 452 g/mol. The van der Waals surface area contributed by atoms with Crippen molar-refractivity contribution in [2.24, 2.45) is 0 Å². The minimum atomic E-state index is -0.139. The standard InChI is InChI=1S/C27H33NO5/c1-17(2)32-13-7-12-28-25(29)14-18(3)22-15-23-24(20-8-10-21(30-5)11-9-20)16-33-27(23)19(4)26(22)31-6/h8-11,14-17H,7,12-13H2,1-6H3,(H,28,29)/b18-14+. The molecule has 176 valence electrons. The van der Waals surface area contributed by atoms with E-state index in [0.29, 0.717) is 18.9 Å². The van der Waals surface area contributed by atoms with E-state index in [1.807, 2.05) is 58.0 Å². The van der Waals surface area contributed by atoms with Gasteiger partial charge in [-0.1, -0.05) is 12.1 Å². The molecule has 2 aromatic carbocycles. The van der Waals surface area contributed by atoms with E-state index < -0.39 is 0 Å². The Hall–Kier alpha value is -3.25. The Morgan fingerprint density at radius 2 is 1.88 bits per heavy atom. The fourth-order valence-electron chi connectivity index (χ4n) is 3.79. The highest BCUT2D eigenvalue weighted by atomic mass is 16.5. The van der Waals surface area contributed by atoms with E-state index in [2.05, 4.69) is 5.32 Å². The molecule has 3 aromatic rings. The van der Waals surface area contributed by atoms with E-state index in [1.165, 1.54) is 0 Å². The molecule has 1 aromatic heterocycles. The highest BCUT2D eigenvalue weighted by Crippen LogP contribution is 2.40. The van der Waals surface area contributed by atoms with Crippen LogP contribution < -0.4 is 14.8 Å². The Labute approximate surface area is 195 Å². The molecule has 0 bridgehead atoms. The third kappa shape index (κ3) is 5.76. The molecule has 1 N–H and O–H groups in total. The third-order valence-corrected chi connectivity index (χ3v) is 5.49. The van der Waals surface area contributed by atoms with Gasteiger partial charge in [0.1, 0.15) is 17.1 Å². The van der Waals surface area contributed by atoms with E-state index >= 15 is 0 Å². The molecule has 0 aliphatic rings. The summed E-state index contributed by atoms with van der Waals surface area (Å²) in [5, 5.41) is 3.89. The van der Waals surface area contributed by atoms with Gasteiger partial charge in [-0.2, -0.15) is 0 Å². The van der Waals surface area contributed by atoms with E-state index in [9.17, 15) is 4.79 Å². The lowest BCUT2D eigenvalue weighted by molar-refractivity contribution is -0.116. The van der Waals surface area contributed by atoms with Gasteiger partial charge < -0.3 is 23.9 Å². The van der Waals surface area contributed by atoms with Gasteiger partial charge in [0.05, 0.1) is 26.6 Å². The van der Waals surface area contributed by atoms with Crippen LogP contribution >= 0.6 is 0 Å². The van der Waals surface area contributed by atoms with Crippen molar-refractivity contribution in [1.29, 1.82) is 0 Å². The van der Waals surface area contributed by atoms with Crippen LogP contribution in [-0.2, 0) is 9.53 Å². The van der Waals surface area contributed by atoms with Crippen LogP contribution in [0.25, 0.3) is 27.7 Å². The van der Waals surface area contributed by atoms with Crippen LogP contribution in [0, 0.1) is 6.92 Å². The lowest BCUT2D eigenvalue weighted by Gasteiger charge is -2.13. The van der Waals surface area contributed by atoms with Gasteiger partial charge in [-0.25, -0.2) is 0 Å². The topological polar surface area (TPSA) is 69.9 Å². The van der Waals surface area contributed by atoms with Crippen molar-refractivity contribution in [2.45, 2.75) is 40.2 Å². The Bertz CT molecular complexity index is 1130. The summed E-state index contributed by atoms with van der Waals surface area (Å²) in [7, 11) is 3.28. The van der Waals surface area contributed by atoms with Crippen molar-refractivity contribution in [2.75, 3.05) is 27.4 Å². The normalized spacial score (nSPS) is 11.8. The number of methoxy groups -OCH3 is 2. The number of furan rings is 1. The first-order valence-electron chi connectivity index (χ1n) is 11.2. The molecule has 0 unspecified atom stereocenters. The zero-order valence-corrected chi connectivity index (χ0v) is 20.3. The van der Waals surface area contributed by atoms with Crippen molar-refractivity contribution in [3.8, 4) is 22.6 Å². The minimum absolute atomic E-state index is 0.139. The molecule has 3 rings (SSSR count). The minimum Gasteiger partial charge on any atom is -0.497 e. The number of aryl methyl sites for hydroxylation is 1. The van der Waals surface area contributed by atoms with Gasteiger partial charge >= 0.3 is 0 Å². The maximum atomic E-state index is 12.5. The Balaban J connectivity index is 1.89. The molecule has 0 spiro atoms. The Kier molecular flexibility index (Phi) is 8.17. The molecular formula is C27H33NO5. The zero-order chi connectivity index (χ0) is 24.0. The molecule has 0 atom stereocenters. The predicted octanol–water partition coefficient (Wildman–Crippen LogP) is 5.76. The number of nitrogens with one attached hydrogen (secondary N) is 1. The zero-order valence-electron chi connectivity index (χ0n) is 20.3. The fraction of sp³-hybridized carbons (Fsp3) is 0.370. The van der Waals surface area contributed by atoms with Crippen LogP contribution in [0.1, 0.15) is 38.3 Å². The van der Waals surface area contributed by atoms with E-state index in [0.717, 1.165) is 51.0 Å². The van der Waals surface area contributed by atoms with Crippen molar-refractivity contribution in [3.63, 3.8) is 0 Å². The number of allylic oxidation sites excluding steroid dienone is 1. The number of fused-ring (bicyclic) bond motifs is 1. The van der Waals surface area contributed by atoms with Crippen molar-refractivity contribution < 1.29 is 23.4 Å². The molecule has 1 heterocycles. The van der Waals surface area contributed by atoms with E-state index in [1.54, 1.807) is 26.6 Å². The van der Waals surface area contributed by atoms with Crippen LogP contribution in [0.3, 0.4) is 0 Å². The summed E-state index contributed by atoms with van der Waals surface area (Å²) in [6.07, 6.45) is 4.33. The molecule has 0 radical (unpaired) electrons. The van der Waals surface area contributed by atoms with Crippen molar-refractivity contribution >= 4 is 22.4 Å². The van der Waals surface area contributed by atoms with Crippen LogP contribution in [-0.4, -0.2) is 39.4 Å². The van der Waals surface area contributed by atoms with Crippen molar-refractivity contribution in [1.82, 2.24) is 5.32 Å². The maximum absolute atomic E-state index is 12.5. The predicted molar refractivity (Wildman–Crippen MR) is 132 cm³/mol. The smallest absolute Gasteiger partial charge is 0.244 e. The van der Waals surface area contributed by atoms with Gasteiger partial charge in [-0.05, 0) is 63.5 Å². The molecule has 0 saturated carbocycles. The largest absolute Gasteiger partial charge is 0.497 e. The number of hydrogen-bond acceptors (Lipinski definition) is 5. The number of ether oxygens (including phenoxy) is 3. The number of hydrogen-bond donors (Lipinski definition) is 1. The van der Waals surface area contributed by atoms with Gasteiger partial charge in [0, 0.05) is 41.3 Å². The van der Waals surface area contributed by atoms with E-state index in [-0.39, 0.29) is 12.0 Å². The second kappa shape index (κ2) is 11.1. The average Bonchev–Trinajstić information content (AvgIpc) is 3.23. The molecule has 6 heteroatoms. The monoisotopic (exact) mass is 451 g/mol. The fourth-order valence-corrected chi connectivity index (χ4v) is 3.79. The molecule has 0 fully saturated rings. The van der Waals surface area contributed by atoms with Gasteiger partial charge in [0.15, 0.2) is 0 Å². The Morgan fingerprint density at radius 1 is 1.15 bits per heavy atom. The molecule has 33 heavy (non-hydrogen) atoms. The van der Waals surface area contributed by atoms with Gasteiger partial charge in [0.25, 0.3) is 0 Å².